The quantitative estimate of drug-likeness (QED) is 0.289. The molecular formula is C30H38FOP. The van der Waals surface area contributed by atoms with Gasteiger partial charge in [0, 0.05) is 16.0 Å². The number of ether oxygens (including phenoxy) is 1. The van der Waals surface area contributed by atoms with Crippen LogP contribution in [0.3, 0.4) is 0 Å². The Morgan fingerprint density at radius 1 is 0.909 bits per heavy atom. The molecule has 3 heteroatoms. The zero-order chi connectivity index (χ0) is 24.1. The second kappa shape index (κ2) is 10.8. The monoisotopic (exact) mass is 464 g/mol. The van der Waals surface area contributed by atoms with Crippen molar-refractivity contribution < 1.29 is 9.13 Å². The Hall–Kier alpha value is -2.18. The van der Waals surface area contributed by atoms with E-state index in [1.165, 1.54) is 11.1 Å². The Balaban J connectivity index is 2.12. The first-order chi connectivity index (χ1) is 15.6. The molecule has 2 atom stereocenters. The predicted octanol–water partition coefficient (Wildman–Crippen LogP) is 8.42. The van der Waals surface area contributed by atoms with Crippen LogP contribution in [-0.4, -0.2) is 0 Å². The minimum Gasteiger partial charge on any atom is -0.488 e. The molecule has 0 aromatic heterocycles. The zero-order valence-corrected chi connectivity index (χ0v) is 22.0. The summed E-state index contributed by atoms with van der Waals surface area (Å²) in [5.41, 5.74) is 4.81. The maximum Gasteiger partial charge on any atom is 0.130 e. The molecule has 0 aliphatic heterocycles. The molecule has 0 N–H and O–H groups in total. The number of hydrogen-bond acceptors (Lipinski definition) is 1. The summed E-state index contributed by atoms with van der Waals surface area (Å²) in [7, 11) is 0.323. The average molecular weight is 465 g/mol. The summed E-state index contributed by atoms with van der Waals surface area (Å²) < 4.78 is 21.3. The fraction of sp³-hybridized carbons (Fsp3) is 0.400. The third kappa shape index (κ3) is 6.45. The van der Waals surface area contributed by atoms with Gasteiger partial charge in [0.1, 0.15) is 18.2 Å². The van der Waals surface area contributed by atoms with Gasteiger partial charge in [-0.2, -0.15) is 0 Å². The number of rotatable bonds is 9. The van der Waals surface area contributed by atoms with Gasteiger partial charge in [-0.3, -0.25) is 0 Å². The fourth-order valence-electron chi connectivity index (χ4n) is 4.19. The van der Waals surface area contributed by atoms with Gasteiger partial charge in [0.05, 0.1) is 0 Å². The molecule has 0 spiro atoms. The van der Waals surface area contributed by atoms with E-state index in [-0.39, 0.29) is 16.4 Å². The minimum atomic E-state index is -0.212. The SMILES string of the molecule is CCCCC(C)(Pc1ccccc1F)c1cc(C(C)(C)C)cc(C)c1OCc1ccccc1. The minimum absolute atomic E-state index is 0.0181. The number of unbranched alkanes of at least 4 members (excludes halogenated alkanes) is 1. The second-order valence-corrected chi connectivity index (χ2v) is 12.1. The predicted molar refractivity (Wildman–Crippen MR) is 142 cm³/mol. The molecule has 0 aliphatic carbocycles. The average Bonchev–Trinajstić information content (AvgIpc) is 2.78. The number of halogens is 1. The van der Waals surface area contributed by atoms with E-state index in [4.69, 9.17) is 4.74 Å². The third-order valence-corrected chi connectivity index (χ3v) is 8.02. The molecule has 3 rings (SSSR count). The van der Waals surface area contributed by atoms with Gasteiger partial charge in [-0.25, -0.2) is 4.39 Å². The van der Waals surface area contributed by atoms with Crippen LogP contribution in [-0.2, 0) is 17.2 Å². The van der Waals surface area contributed by atoms with E-state index in [2.05, 4.69) is 65.8 Å². The highest BCUT2D eigenvalue weighted by molar-refractivity contribution is 7.48. The van der Waals surface area contributed by atoms with Crippen molar-refractivity contribution in [3.8, 4) is 5.75 Å². The van der Waals surface area contributed by atoms with E-state index in [1.807, 2.05) is 30.3 Å². The summed E-state index contributed by atoms with van der Waals surface area (Å²) in [5, 5.41) is 0.583. The standard InChI is InChI=1S/C30H38FOP/c1-7-8-18-30(6,33-27-17-13-12-16-26(27)31)25-20-24(29(3,4)5)19-22(2)28(25)32-21-23-14-10-9-11-15-23/h9-17,19-20,33H,7-8,18,21H2,1-6H3. The summed E-state index contributed by atoms with van der Waals surface area (Å²) in [4.78, 5) is 0. The van der Waals surface area contributed by atoms with Crippen LogP contribution in [0.4, 0.5) is 4.39 Å². The molecular weight excluding hydrogens is 426 g/mol. The lowest BCUT2D eigenvalue weighted by atomic mass is 9.82. The second-order valence-electron chi connectivity index (χ2n) is 10.2. The van der Waals surface area contributed by atoms with Crippen LogP contribution < -0.4 is 10.0 Å². The topological polar surface area (TPSA) is 9.23 Å². The molecule has 0 saturated carbocycles. The van der Waals surface area contributed by atoms with Gasteiger partial charge in [0.25, 0.3) is 0 Å². The Labute approximate surface area is 201 Å². The lowest BCUT2D eigenvalue weighted by Gasteiger charge is -2.35. The highest BCUT2D eigenvalue weighted by Crippen LogP contribution is 2.50. The van der Waals surface area contributed by atoms with Crippen LogP contribution in [0.1, 0.15) is 76.1 Å². The largest absolute Gasteiger partial charge is 0.488 e. The first-order valence-corrected chi connectivity index (χ1v) is 13.0. The Bertz CT molecular complexity index is 1050. The van der Waals surface area contributed by atoms with Gasteiger partial charge in [-0.1, -0.05) is 117 Å². The van der Waals surface area contributed by atoms with E-state index < -0.39 is 0 Å². The van der Waals surface area contributed by atoms with E-state index >= 15 is 0 Å². The summed E-state index contributed by atoms with van der Waals surface area (Å²) in [6.07, 6.45) is 3.19. The molecule has 33 heavy (non-hydrogen) atoms. The van der Waals surface area contributed by atoms with Crippen LogP contribution >= 0.6 is 8.58 Å². The maximum absolute atomic E-state index is 14.8. The molecule has 0 radical (unpaired) electrons. The van der Waals surface area contributed by atoms with Crippen molar-refractivity contribution in [1.82, 2.24) is 0 Å². The molecule has 2 unspecified atom stereocenters. The van der Waals surface area contributed by atoms with Gasteiger partial charge in [0.15, 0.2) is 0 Å². The molecule has 0 bridgehead atoms. The molecule has 0 heterocycles. The number of aryl methyl sites for hydroxylation is 1. The first kappa shape index (κ1) is 25.4. The van der Waals surface area contributed by atoms with Crippen molar-refractivity contribution in [3.05, 3.63) is 94.8 Å². The lowest BCUT2D eigenvalue weighted by Crippen LogP contribution is -2.24. The van der Waals surface area contributed by atoms with Gasteiger partial charge in [0.2, 0.25) is 0 Å². The van der Waals surface area contributed by atoms with Gasteiger partial charge >= 0.3 is 0 Å². The highest BCUT2D eigenvalue weighted by Gasteiger charge is 2.33. The summed E-state index contributed by atoms with van der Waals surface area (Å²) in [6, 6.07) is 22.1. The normalized spacial score (nSPS) is 13.9. The Morgan fingerprint density at radius 2 is 1.58 bits per heavy atom. The van der Waals surface area contributed by atoms with Crippen LogP contribution in [0.5, 0.6) is 5.75 Å². The molecule has 0 saturated heterocycles. The van der Waals surface area contributed by atoms with Crippen LogP contribution in [0.2, 0.25) is 0 Å². The van der Waals surface area contributed by atoms with Crippen molar-refractivity contribution >= 4 is 13.9 Å². The van der Waals surface area contributed by atoms with Gasteiger partial charge in [-0.05, 0) is 41.5 Å². The smallest absolute Gasteiger partial charge is 0.130 e. The zero-order valence-electron chi connectivity index (χ0n) is 21.0. The molecule has 176 valence electrons. The molecule has 3 aromatic carbocycles. The Morgan fingerprint density at radius 3 is 2.21 bits per heavy atom. The first-order valence-electron chi connectivity index (χ1n) is 12.0. The third-order valence-electron chi connectivity index (χ3n) is 6.28. The van der Waals surface area contributed by atoms with Gasteiger partial charge < -0.3 is 4.74 Å². The Kier molecular flexibility index (Phi) is 8.35. The molecule has 1 nitrogen and oxygen atoms in total. The van der Waals surface area contributed by atoms with E-state index in [9.17, 15) is 4.39 Å². The number of hydrogen-bond donors (Lipinski definition) is 0. The summed E-state index contributed by atoms with van der Waals surface area (Å²) in [6.45, 7) is 13.9. The molecule has 3 aromatic rings. The summed E-state index contributed by atoms with van der Waals surface area (Å²) in [5.74, 6) is 0.836. The number of benzene rings is 3. The van der Waals surface area contributed by atoms with E-state index in [0.29, 0.717) is 15.2 Å². The van der Waals surface area contributed by atoms with Gasteiger partial charge in [-0.15, -0.1) is 0 Å². The van der Waals surface area contributed by atoms with Crippen LogP contribution in [0.25, 0.3) is 0 Å². The maximum atomic E-state index is 14.8. The van der Waals surface area contributed by atoms with Crippen LogP contribution in [0, 0.1) is 12.7 Å². The van der Waals surface area contributed by atoms with E-state index in [0.717, 1.165) is 41.4 Å². The van der Waals surface area contributed by atoms with Crippen molar-refractivity contribution in [2.45, 2.75) is 78.0 Å². The summed E-state index contributed by atoms with van der Waals surface area (Å²) >= 11 is 0. The lowest BCUT2D eigenvalue weighted by molar-refractivity contribution is 0.296. The van der Waals surface area contributed by atoms with Crippen molar-refractivity contribution in [2.24, 2.45) is 0 Å². The fourth-order valence-corrected chi connectivity index (χ4v) is 5.79. The van der Waals surface area contributed by atoms with Crippen molar-refractivity contribution in [1.29, 1.82) is 0 Å². The van der Waals surface area contributed by atoms with Crippen LogP contribution in [0.15, 0.2) is 66.7 Å². The highest BCUT2D eigenvalue weighted by atomic mass is 31.1. The molecule has 0 aliphatic rings. The molecule has 0 amide bonds. The van der Waals surface area contributed by atoms with E-state index in [1.54, 1.807) is 12.1 Å². The van der Waals surface area contributed by atoms with Crippen molar-refractivity contribution in [2.75, 3.05) is 0 Å². The van der Waals surface area contributed by atoms with Crippen molar-refractivity contribution in [3.63, 3.8) is 0 Å². The molecule has 0 fully saturated rings.